The molecular formula is C23H19N. The maximum Gasteiger partial charge on any atom is 0.0792 e. The molecule has 1 heteroatoms. The molecule has 0 aliphatic rings. The monoisotopic (exact) mass is 309 g/mol. The zero-order chi connectivity index (χ0) is 16.5. The topological polar surface area (TPSA) is 12.9 Å². The molecule has 0 saturated heterocycles. The van der Waals surface area contributed by atoms with E-state index in [2.05, 4.69) is 75.4 Å². The van der Waals surface area contributed by atoms with E-state index in [9.17, 15) is 0 Å². The van der Waals surface area contributed by atoms with Gasteiger partial charge in [-0.25, -0.2) is 0 Å². The number of nitrogens with zero attached hydrogens (tertiary/aromatic N) is 1. The van der Waals surface area contributed by atoms with Gasteiger partial charge >= 0.3 is 0 Å². The van der Waals surface area contributed by atoms with Crippen LogP contribution in [0.25, 0.3) is 43.2 Å². The Balaban J connectivity index is 2.17. The van der Waals surface area contributed by atoms with Crippen LogP contribution in [-0.2, 0) is 5.41 Å². The SMILES string of the molecule is CC(C)(C)c1cc2ccc3ccnc4c5ccccc5c(c1)c2c34. The Morgan fingerprint density at radius 3 is 2.25 bits per heavy atom. The molecule has 0 atom stereocenters. The van der Waals surface area contributed by atoms with Crippen LogP contribution in [0.15, 0.2) is 60.8 Å². The molecule has 0 N–H and O–H groups in total. The second-order valence-corrected chi connectivity index (χ2v) is 7.74. The molecule has 0 unspecified atom stereocenters. The van der Waals surface area contributed by atoms with Gasteiger partial charge in [-0.15, -0.1) is 0 Å². The van der Waals surface area contributed by atoms with Crippen LogP contribution in [0.1, 0.15) is 26.3 Å². The average molecular weight is 309 g/mol. The zero-order valence-electron chi connectivity index (χ0n) is 14.2. The molecule has 24 heavy (non-hydrogen) atoms. The average Bonchev–Trinajstić information content (AvgIpc) is 2.59. The van der Waals surface area contributed by atoms with Crippen molar-refractivity contribution in [1.29, 1.82) is 0 Å². The molecule has 1 heterocycles. The highest BCUT2D eigenvalue weighted by Gasteiger charge is 2.19. The summed E-state index contributed by atoms with van der Waals surface area (Å²) in [6, 6.07) is 20.0. The number of hydrogen-bond donors (Lipinski definition) is 0. The summed E-state index contributed by atoms with van der Waals surface area (Å²) >= 11 is 0. The van der Waals surface area contributed by atoms with Crippen LogP contribution in [0.5, 0.6) is 0 Å². The standard InChI is InChI=1S/C23H19N/c1-23(2,3)16-12-15-9-8-14-10-11-24-22-18-7-5-4-6-17(18)19(13-16)20(15)21(14)22/h4-13H,1-3H3. The first-order chi connectivity index (χ1) is 11.5. The summed E-state index contributed by atoms with van der Waals surface area (Å²) in [7, 11) is 0. The first-order valence-electron chi connectivity index (χ1n) is 8.50. The highest BCUT2D eigenvalue weighted by Crippen LogP contribution is 2.41. The number of fused-ring (bicyclic) bond motifs is 3. The van der Waals surface area contributed by atoms with Crippen molar-refractivity contribution >= 4 is 43.2 Å². The van der Waals surface area contributed by atoms with E-state index in [-0.39, 0.29) is 5.41 Å². The Kier molecular flexibility index (Phi) is 2.55. The van der Waals surface area contributed by atoms with Crippen LogP contribution in [0.4, 0.5) is 0 Å². The van der Waals surface area contributed by atoms with Crippen molar-refractivity contribution in [2.75, 3.05) is 0 Å². The van der Waals surface area contributed by atoms with Crippen molar-refractivity contribution in [2.24, 2.45) is 0 Å². The molecule has 0 aliphatic heterocycles. The van der Waals surface area contributed by atoms with Crippen molar-refractivity contribution < 1.29 is 0 Å². The van der Waals surface area contributed by atoms with E-state index < -0.39 is 0 Å². The van der Waals surface area contributed by atoms with Gasteiger partial charge in [0.05, 0.1) is 5.52 Å². The van der Waals surface area contributed by atoms with Crippen LogP contribution in [0.3, 0.4) is 0 Å². The molecule has 5 aromatic rings. The maximum absolute atomic E-state index is 4.73. The second kappa shape index (κ2) is 4.45. The normalized spacial score (nSPS) is 12.8. The fraction of sp³-hybridized carbons (Fsp3) is 0.174. The molecule has 5 rings (SSSR count). The quantitative estimate of drug-likeness (QED) is 0.237. The van der Waals surface area contributed by atoms with Crippen LogP contribution in [0.2, 0.25) is 0 Å². The molecule has 0 aliphatic carbocycles. The van der Waals surface area contributed by atoms with Crippen molar-refractivity contribution in [3.63, 3.8) is 0 Å². The van der Waals surface area contributed by atoms with Crippen LogP contribution in [-0.4, -0.2) is 4.98 Å². The van der Waals surface area contributed by atoms with Gasteiger partial charge in [0, 0.05) is 17.0 Å². The minimum atomic E-state index is 0.129. The maximum atomic E-state index is 4.73. The number of aromatic nitrogens is 1. The number of benzene rings is 4. The van der Waals surface area contributed by atoms with Crippen molar-refractivity contribution in [1.82, 2.24) is 4.98 Å². The molecule has 0 radical (unpaired) electrons. The molecule has 0 amide bonds. The van der Waals surface area contributed by atoms with Crippen molar-refractivity contribution in [2.45, 2.75) is 26.2 Å². The van der Waals surface area contributed by atoms with Crippen LogP contribution >= 0.6 is 0 Å². The Morgan fingerprint density at radius 2 is 1.46 bits per heavy atom. The van der Waals surface area contributed by atoms with Gasteiger partial charge in [0.15, 0.2) is 0 Å². The smallest absolute Gasteiger partial charge is 0.0792 e. The van der Waals surface area contributed by atoms with Crippen molar-refractivity contribution in [3.05, 3.63) is 66.4 Å². The van der Waals surface area contributed by atoms with Gasteiger partial charge < -0.3 is 0 Å². The summed E-state index contributed by atoms with van der Waals surface area (Å²) in [5, 5.41) is 9.12. The van der Waals surface area contributed by atoms with Gasteiger partial charge in [-0.3, -0.25) is 4.98 Å². The van der Waals surface area contributed by atoms with E-state index in [1.54, 1.807) is 0 Å². The fourth-order valence-electron chi connectivity index (χ4n) is 3.91. The summed E-state index contributed by atoms with van der Waals surface area (Å²) in [5.74, 6) is 0. The Bertz CT molecular complexity index is 1230. The van der Waals surface area contributed by atoms with E-state index in [1.165, 1.54) is 43.3 Å². The van der Waals surface area contributed by atoms with Gasteiger partial charge in [-0.1, -0.05) is 63.2 Å². The van der Waals surface area contributed by atoms with Gasteiger partial charge in [-0.05, 0) is 50.0 Å². The van der Waals surface area contributed by atoms with Crippen LogP contribution < -0.4 is 0 Å². The molecule has 1 aromatic heterocycles. The van der Waals surface area contributed by atoms with Gasteiger partial charge in [0.1, 0.15) is 0 Å². The number of pyridine rings is 1. The summed E-state index contributed by atoms with van der Waals surface area (Å²) < 4.78 is 0. The van der Waals surface area contributed by atoms with E-state index in [0.29, 0.717) is 0 Å². The van der Waals surface area contributed by atoms with Gasteiger partial charge in [0.25, 0.3) is 0 Å². The van der Waals surface area contributed by atoms with E-state index in [0.717, 1.165) is 5.52 Å². The fourth-order valence-corrected chi connectivity index (χ4v) is 3.91. The Hall–Kier alpha value is -2.67. The lowest BCUT2D eigenvalue weighted by Crippen LogP contribution is -2.11. The minimum Gasteiger partial charge on any atom is -0.256 e. The largest absolute Gasteiger partial charge is 0.256 e. The third kappa shape index (κ3) is 1.73. The van der Waals surface area contributed by atoms with Gasteiger partial charge in [0.2, 0.25) is 0 Å². The molecule has 0 spiro atoms. The van der Waals surface area contributed by atoms with E-state index in [4.69, 9.17) is 4.98 Å². The molecule has 1 nitrogen and oxygen atoms in total. The summed E-state index contributed by atoms with van der Waals surface area (Å²) in [6.07, 6.45) is 1.93. The van der Waals surface area contributed by atoms with E-state index >= 15 is 0 Å². The third-order valence-corrected chi connectivity index (χ3v) is 5.18. The summed E-state index contributed by atoms with van der Waals surface area (Å²) in [5.41, 5.74) is 2.63. The third-order valence-electron chi connectivity index (χ3n) is 5.18. The minimum absolute atomic E-state index is 0.129. The Labute approximate surface area is 141 Å². The second-order valence-electron chi connectivity index (χ2n) is 7.74. The van der Waals surface area contributed by atoms with Crippen molar-refractivity contribution in [3.8, 4) is 0 Å². The molecule has 116 valence electrons. The molecule has 0 saturated carbocycles. The highest BCUT2D eigenvalue weighted by molar-refractivity contribution is 6.32. The lowest BCUT2D eigenvalue weighted by Gasteiger charge is -2.22. The molecule has 4 aromatic carbocycles. The predicted molar refractivity (Wildman–Crippen MR) is 104 cm³/mol. The number of hydrogen-bond acceptors (Lipinski definition) is 1. The predicted octanol–water partition coefficient (Wildman–Crippen LogP) is 6.43. The zero-order valence-corrected chi connectivity index (χ0v) is 14.2. The molecule has 0 fully saturated rings. The van der Waals surface area contributed by atoms with Gasteiger partial charge in [-0.2, -0.15) is 0 Å². The highest BCUT2D eigenvalue weighted by atomic mass is 14.6. The Morgan fingerprint density at radius 1 is 0.708 bits per heavy atom. The molecular weight excluding hydrogens is 290 g/mol. The lowest BCUT2D eigenvalue weighted by atomic mass is 9.82. The first kappa shape index (κ1) is 13.7. The molecule has 0 bridgehead atoms. The number of rotatable bonds is 0. The summed E-state index contributed by atoms with van der Waals surface area (Å²) in [4.78, 5) is 4.73. The summed E-state index contributed by atoms with van der Waals surface area (Å²) in [6.45, 7) is 6.84. The van der Waals surface area contributed by atoms with E-state index in [1.807, 2.05) is 6.20 Å². The lowest BCUT2D eigenvalue weighted by molar-refractivity contribution is 0.592. The first-order valence-corrected chi connectivity index (χ1v) is 8.50. The van der Waals surface area contributed by atoms with Crippen LogP contribution in [0, 0.1) is 0 Å².